The van der Waals surface area contributed by atoms with Gasteiger partial charge in [0.2, 0.25) is 11.5 Å². The van der Waals surface area contributed by atoms with Gasteiger partial charge >= 0.3 is 0 Å². The Hall–Kier alpha value is -1.58. The lowest BCUT2D eigenvalue weighted by Crippen LogP contribution is -2.09. The van der Waals surface area contributed by atoms with Gasteiger partial charge in [-0.2, -0.15) is 0 Å². The van der Waals surface area contributed by atoms with Crippen LogP contribution in [0, 0.1) is 6.92 Å². The summed E-state index contributed by atoms with van der Waals surface area (Å²) in [5, 5.41) is 0. The number of aryl methyl sites for hydroxylation is 1. The van der Waals surface area contributed by atoms with Gasteiger partial charge in [-0.3, -0.25) is 0 Å². The number of hydrogen-bond donors (Lipinski definition) is 0. The zero-order valence-corrected chi connectivity index (χ0v) is 11.3. The second kappa shape index (κ2) is 5.66. The van der Waals surface area contributed by atoms with Crippen molar-refractivity contribution in [3.8, 4) is 23.0 Å². The van der Waals surface area contributed by atoms with Crippen molar-refractivity contribution in [2.75, 3.05) is 21.3 Å². The molecule has 0 spiro atoms. The van der Waals surface area contributed by atoms with Crippen LogP contribution in [0.5, 0.6) is 23.0 Å². The van der Waals surface area contributed by atoms with E-state index in [2.05, 4.69) is 0 Å². The van der Waals surface area contributed by atoms with Crippen molar-refractivity contribution in [3.05, 3.63) is 11.6 Å². The molecule has 0 atom stereocenters. The van der Waals surface area contributed by atoms with E-state index in [0.717, 1.165) is 5.56 Å². The highest BCUT2D eigenvalue weighted by Gasteiger charge is 2.20. The number of rotatable bonds is 5. The number of ether oxygens (including phenoxy) is 4. The highest BCUT2D eigenvalue weighted by Crippen LogP contribution is 2.46. The Bertz CT molecular complexity index is 385. The molecule has 0 aliphatic rings. The molecule has 0 heterocycles. The molecule has 4 heteroatoms. The summed E-state index contributed by atoms with van der Waals surface area (Å²) in [7, 11) is 4.76. The number of benzene rings is 1. The van der Waals surface area contributed by atoms with Crippen molar-refractivity contribution < 1.29 is 18.9 Å². The van der Waals surface area contributed by atoms with Crippen molar-refractivity contribution in [1.29, 1.82) is 0 Å². The Labute approximate surface area is 102 Å². The molecule has 0 unspecified atom stereocenters. The zero-order valence-electron chi connectivity index (χ0n) is 11.3. The van der Waals surface area contributed by atoms with Crippen LogP contribution >= 0.6 is 0 Å². The van der Waals surface area contributed by atoms with Gasteiger partial charge in [0.1, 0.15) is 0 Å². The summed E-state index contributed by atoms with van der Waals surface area (Å²) >= 11 is 0. The molecule has 0 aromatic heterocycles. The van der Waals surface area contributed by atoms with Crippen LogP contribution in [-0.2, 0) is 0 Å². The highest BCUT2D eigenvalue weighted by molar-refractivity contribution is 5.62. The van der Waals surface area contributed by atoms with Crippen LogP contribution in [0.1, 0.15) is 19.4 Å². The molecule has 1 aromatic carbocycles. The maximum absolute atomic E-state index is 5.75. The van der Waals surface area contributed by atoms with E-state index in [9.17, 15) is 0 Å². The van der Waals surface area contributed by atoms with E-state index in [1.807, 2.05) is 26.8 Å². The zero-order chi connectivity index (χ0) is 13.0. The van der Waals surface area contributed by atoms with Crippen molar-refractivity contribution in [2.45, 2.75) is 26.9 Å². The van der Waals surface area contributed by atoms with E-state index < -0.39 is 0 Å². The van der Waals surface area contributed by atoms with Gasteiger partial charge in [0.25, 0.3) is 0 Å². The van der Waals surface area contributed by atoms with E-state index in [-0.39, 0.29) is 6.10 Å². The average Bonchev–Trinajstić information content (AvgIpc) is 2.30. The molecule has 0 radical (unpaired) electrons. The molecular weight excluding hydrogens is 220 g/mol. The fourth-order valence-corrected chi connectivity index (χ4v) is 1.63. The number of hydrogen-bond acceptors (Lipinski definition) is 4. The molecule has 17 heavy (non-hydrogen) atoms. The van der Waals surface area contributed by atoms with E-state index in [0.29, 0.717) is 23.0 Å². The van der Waals surface area contributed by atoms with Crippen LogP contribution in [0.25, 0.3) is 0 Å². The molecule has 1 aromatic rings. The molecule has 4 nitrogen and oxygen atoms in total. The Morgan fingerprint density at radius 2 is 1.47 bits per heavy atom. The fraction of sp³-hybridized carbons (Fsp3) is 0.538. The summed E-state index contributed by atoms with van der Waals surface area (Å²) in [5.74, 6) is 2.45. The number of methoxy groups -OCH3 is 3. The minimum Gasteiger partial charge on any atom is -0.493 e. The molecule has 0 bridgehead atoms. The van der Waals surface area contributed by atoms with Crippen molar-refractivity contribution in [3.63, 3.8) is 0 Å². The Morgan fingerprint density at radius 3 is 1.88 bits per heavy atom. The van der Waals surface area contributed by atoms with Crippen molar-refractivity contribution >= 4 is 0 Å². The van der Waals surface area contributed by atoms with E-state index >= 15 is 0 Å². The summed E-state index contributed by atoms with van der Waals surface area (Å²) in [6.45, 7) is 5.88. The normalized spacial score (nSPS) is 10.3. The first-order chi connectivity index (χ1) is 8.04. The lowest BCUT2D eigenvalue weighted by atomic mass is 10.1. The maximum atomic E-state index is 5.75. The Morgan fingerprint density at radius 1 is 0.882 bits per heavy atom. The standard InChI is InChI=1S/C13H20O4/c1-8(2)17-11-9(3)7-10(14-4)12(15-5)13(11)16-6/h7-8H,1-6H3. The summed E-state index contributed by atoms with van der Waals surface area (Å²) in [6, 6.07) is 1.87. The van der Waals surface area contributed by atoms with Crippen molar-refractivity contribution in [2.24, 2.45) is 0 Å². The van der Waals surface area contributed by atoms with Crippen LogP contribution in [-0.4, -0.2) is 27.4 Å². The first-order valence-corrected chi connectivity index (χ1v) is 5.51. The van der Waals surface area contributed by atoms with Gasteiger partial charge < -0.3 is 18.9 Å². The maximum Gasteiger partial charge on any atom is 0.207 e. The van der Waals surface area contributed by atoms with Gasteiger partial charge in [-0.05, 0) is 32.4 Å². The lowest BCUT2D eigenvalue weighted by molar-refractivity contribution is 0.223. The smallest absolute Gasteiger partial charge is 0.207 e. The molecule has 1 rings (SSSR count). The monoisotopic (exact) mass is 240 g/mol. The quantitative estimate of drug-likeness (QED) is 0.793. The molecule has 0 saturated heterocycles. The molecule has 96 valence electrons. The predicted molar refractivity (Wildman–Crippen MR) is 66.6 cm³/mol. The second-order valence-corrected chi connectivity index (χ2v) is 3.96. The molecule has 0 N–H and O–H groups in total. The summed E-state index contributed by atoms with van der Waals surface area (Å²) < 4.78 is 21.7. The Balaban J connectivity index is 3.38. The summed E-state index contributed by atoms with van der Waals surface area (Å²) in [4.78, 5) is 0. The van der Waals surface area contributed by atoms with Crippen LogP contribution in [0.4, 0.5) is 0 Å². The first-order valence-electron chi connectivity index (χ1n) is 5.51. The molecule has 0 saturated carbocycles. The largest absolute Gasteiger partial charge is 0.493 e. The fourth-order valence-electron chi connectivity index (χ4n) is 1.63. The van der Waals surface area contributed by atoms with E-state index in [1.54, 1.807) is 21.3 Å². The molecule has 0 fully saturated rings. The van der Waals surface area contributed by atoms with Gasteiger partial charge in [-0.25, -0.2) is 0 Å². The third kappa shape index (κ3) is 2.75. The molecule has 0 aliphatic heterocycles. The third-order valence-electron chi connectivity index (χ3n) is 2.32. The molecular formula is C13H20O4. The topological polar surface area (TPSA) is 36.9 Å². The average molecular weight is 240 g/mol. The lowest BCUT2D eigenvalue weighted by Gasteiger charge is -2.20. The van der Waals surface area contributed by atoms with Crippen LogP contribution < -0.4 is 18.9 Å². The predicted octanol–water partition coefficient (Wildman–Crippen LogP) is 2.81. The Kier molecular flexibility index (Phi) is 4.49. The van der Waals surface area contributed by atoms with Crippen LogP contribution in [0.3, 0.4) is 0 Å². The van der Waals surface area contributed by atoms with Gasteiger partial charge in [-0.15, -0.1) is 0 Å². The van der Waals surface area contributed by atoms with Gasteiger partial charge in [0, 0.05) is 0 Å². The van der Waals surface area contributed by atoms with Gasteiger partial charge in [0.15, 0.2) is 11.5 Å². The minimum atomic E-state index is 0.0701. The molecule has 0 aliphatic carbocycles. The highest BCUT2D eigenvalue weighted by atomic mass is 16.5. The summed E-state index contributed by atoms with van der Waals surface area (Å²) in [5.41, 5.74) is 0.952. The third-order valence-corrected chi connectivity index (χ3v) is 2.32. The minimum absolute atomic E-state index is 0.0701. The first kappa shape index (κ1) is 13.5. The van der Waals surface area contributed by atoms with Gasteiger partial charge in [0.05, 0.1) is 27.4 Å². The van der Waals surface area contributed by atoms with Crippen LogP contribution in [0.15, 0.2) is 6.07 Å². The molecule has 0 amide bonds. The van der Waals surface area contributed by atoms with Crippen molar-refractivity contribution in [1.82, 2.24) is 0 Å². The second-order valence-electron chi connectivity index (χ2n) is 3.96. The van der Waals surface area contributed by atoms with E-state index in [1.165, 1.54) is 0 Å². The summed E-state index contributed by atoms with van der Waals surface area (Å²) in [6.07, 6.45) is 0.0701. The van der Waals surface area contributed by atoms with E-state index in [4.69, 9.17) is 18.9 Å². The van der Waals surface area contributed by atoms with Crippen LogP contribution in [0.2, 0.25) is 0 Å². The SMILES string of the molecule is COc1cc(C)c(OC(C)C)c(OC)c1OC. The van der Waals surface area contributed by atoms with Gasteiger partial charge in [-0.1, -0.05) is 0 Å².